The number of anilines is 1. The topological polar surface area (TPSA) is 32.8 Å². The Morgan fingerprint density at radius 2 is 2.25 bits per heavy atom. The zero-order chi connectivity index (χ0) is 16.7. The Morgan fingerprint density at radius 3 is 2.92 bits per heavy atom. The SMILES string of the molecule is COc1ccc(N2CCC(N(C)CCC3CC34CC4)C2)c(C=O)c1. The number of hydrogen-bond donors (Lipinski definition) is 0. The van der Waals surface area contributed by atoms with Crippen LogP contribution in [0.2, 0.25) is 0 Å². The summed E-state index contributed by atoms with van der Waals surface area (Å²) in [6.07, 6.45) is 7.96. The van der Waals surface area contributed by atoms with E-state index in [9.17, 15) is 4.79 Å². The first-order valence-electron chi connectivity index (χ1n) is 9.23. The number of benzene rings is 1. The summed E-state index contributed by atoms with van der Waals surface area (Å²) < 4.78 is 5.23. The Kier molecular flexibility index (Phi) is 4.03. The zero-order valence-electron chi connectivity index (χ0n) is 14.8. The molecule has 0 amide bonds. The van der Waals surface area contributed by atoms with Gasteiger partial charge in [0.1, 0.15) is 5.75 Å². The number of ether oxygens (including phenoxy) is 1. The average Bonchev–Trinajstić information content (AvgIpc) is 3.49. The lowest BCUT2D eigenvalue weighted by molar-refractivity contribution is 0.112. The first kappa shape index (κ1) is 15.9. The third kappa shape index (κ3) is 2.92. The highest BCUT2D eigenvalue weighted by Crippen LogP contribution is 2.71. The van der Waals surface area contributed by atoms with E-state index < -0.39 is 0 Å². The number of hydrogen-bond acceptors (Lipinski definition) is 4. The van der Waals surface area contributed by atoms with Crippen molar-refractivity contribution in [3.63, 3.8) is 0 Å². The molecule has 1 aromatic carbocycles. The highest BCUT2D eigenvalue weighted by atomic mass is 16.5. The zero-order valence-corrected chi connectivity index (χ0v) is 14.8. The van der Waals surface area contributed by atoms with E-state index in [0.29, 0.717) is 6.04 Å². The molecular weight excluding hydrogens is 300 g/mol. The summed E-state index contributed by atoms with van der Waals surface area (Å²) in [6.45, 7) is 3.25. The highest BCUT2D eigenvalue weighted by molar-refractivity contribution is 5.85. The molecule has 2 aliphatic carbocycles. The largest absolute Gasteiger partial charge is 0.497 e. The quantitative estimate of drug-likeness (QED) is 0.720. The number of rotatable bonds is 7. The number of methoxy groups -OCH3 is 1. The molecule has 1 aromatic rings. The average molecular weight is 328 g/mol. The molecule has 1 saturated heterocycles. The summed E-state index contributed by atoms with van der Waals surface area (Å²) in [5.41, 5.74) is 2.59. The Labute approximate surface area is 144 Å². The van der Waals surface area contributed by atoms with Crippen molar-refractivity contribution in [2.24, 2.45) is 11.3 Å². The van der Waals surface area contributed by atoms with Gasteiger partial charge in [0.05, 0.1) is 7.11 Å². The number of likely N-dealkylation sites (N-methyl/N-ethyl adjacent to an activating group) is 1. The van der Waals surface area contributed by atoms with Crippen molar-refractivity contribution in [1.82, 2.24) is 4.90 Å². The van der Waals surface area contributed by atoms with E-state index in [2.05, 4.69) is 16.8 Å². The van der Waals surface area contributed by atoms with Crippen LogP contribution in [0.3, 0.4) is 0 Å². The molecule has 1 spiro atoms. The molecular formula is C20H28N2O2. The summed E-state index contributed by atoms with van der Waals surface area (Å²) in [4.78, 5) is 16.3. The fourth-order valence-corrected chi connectivity index (χ4v) is 4.52. The highest BCUT2D eigenvalue weighted by Gasteiger charge is 2.61. The molecule has 0 radical (unpaired) electrons. The molecule has 4 heteroatoms. The second kappa shape index (κ2) is 6.07. The van der Waals surface area contributed by atoms with Gasteiger partial charge in [-0.1, -0.05) is 0 Å². The van der Waals surface area contributed by atoms with Gasteiger partial charge in [0.25, 0.3) is 0 Å². The fourth-order valence-electron chi connectivity index (χ4n) is 4.52. The predicted octanol–water partition coefficient (Wildman–Crippen LogP) is 3.21. The summed E-state index contributed by atoms with van der Waals surface area (Å²) >= 11 is 0. The van der Waals surface area contributed by atoms with Crippen LogP contribution in [0.15, 0.2) is 18.2 Å². The van der Waals surface area contributed by atoms with E-state index in [1.54, 1.807) is 7.11 Å². The summed E-state index contributed by atoms with van der Waals surface area (Å²) in [5.74, 6) is 1.76. The molecule has 0 aromatic heterocycles. The van der Waals surface area contributed by atoms with E-state index in [-0.39, 0.29) is 0 Å². The molecule has 130 valence electrons. The minimum Gasteiger partial charge on any atom is -0.497 e. The Hall–Kier alpha value is -1.55. The Balaban J connectivity index is 1.34. The molecule has 2 unspecified atom stereocenters. The Bertz CT molecular complexity index is 626. The smallest absolute Gasteiger partial charge is 0.152 e. The van der Waals surface area contributed by atoms with Crippen molar-refractivity contribution in [2.75, 3.05) is 38.7 Å². The first-order valence-corrected chi connectivity index (χ1v) is 9.23. The van der Waals surface area contributed by atoms with Gasteiger partial charge in [-0.05, 0) is 75.2 Å². The van der Waals surface area contributed by atoms with Gasteiger partial charge in [-0.2, -0.15) is 0 Å². The molecule has 24 heavy (non-hydrogen) atoms. The van der Waals surface area contributed by atoms with E-state index >= 15 is 0 Å². The molecule has 3 aliphatic rings. The van der Waals surface area contributed by atoms with Gasteiger partial charge < -0.3 is 14.5 Å². The van der Waals surface area contributed by atoms with Crippen LogP contribution < -0.4 is 9.64 Å². The number of carbonyl (C=O) groups excluding carboxylic acids is 1. The third-order valence-electron chi connectivity index (χ3n) is 6.57. The maximum atomic E-state index is 11.4. The molecule has 1 heterocycles. The van der Waals surface area contributed by atoms with Gasteiger partial charge in [0, 0.05) is 30.4 Å². The van der Waals surface area contributed by atoms with Crippen LogP contribution in [0.5, 0.6) is 5.75 Å². The molecule has 0 N–H and O–H groups in total. The van der Waals surface area contributed by atoms with Crippen molar-refractivity contribution in [3.05, 3.63) is 23.8 Å². The second-order valence-electron chi connectivity index (χ2n) is 7.96. The molecule has 1 aliphatic heterocycles. The van der Waals surface area contributed by atoms with Crippen LogP contribution in [-0.2, 0) is 0 Å². The van der Waals surface area contributed by atoms with Gasteiger partial charge in [0.15, 0.2) is 6.29 Å². The monoisotopic (exact) mass is 328 g/mol. The van der Waals surface area contributed by atoms with Crippen LogP contribution >= 0.6 is 0 Å². The third-order valence-corrected chi connectivity index (χ3v) is 6.57. The van der Waals surface area contributed by atoms with Gasteiger partial charge >= 0.3 is 0 Å². The van der Waals surface area contributed by atoms with Gasteiger partial charge in [-0.25, -0.2) is 0 Å². The standard InChI is InChI=1S/C20H28N2O2/c1-21(9-5-16-12-20(16)7-8-20)17-6-10-22(13-17)19-4-3-18(24-2)11-15(19)14-23/h3-4,11,14,16-17H,5-10,12-13H2,1-2H3. The van der Waals surface area contributed by atoms with Crippen LogP contribution in [0.25, 0.3) is 0 Å². The lowest BCUT2D eigenvalue weighted by Crippen LogP contribution is -2.35. The van der Waals surface area contributed by atoms with E-state index in [1.165, 1.54) is 38.6 Å². The maximum Gasteiger partial charge on any atom is 0.152 e. The van der Waals surface area contributed by atoms with Crippen molar-refractivity contribution >= 4 is 12.0 Å². The molecule has 3 fully saturated rings. The molecule has 0 bridgehead atoms. The summed E-state index contributed by atoms with van der Waals surface area (Å²) in [5, 5.41) is 0. The minimum absolute atomic E-state index is 0.598. The second-order valence-corrected chi connectivity index (χ2v) is 7.96. The van der Waals surface area contributed by atoms with Crippen molar-refractivity contribution in [1.29, 1.82) is 0 Å². The number of aldehydes is 1. The Morgan fingerprint density at radius 1 is 1.42 bits per heavy atom. The number of nitrogens with zero attached hydrogens (tertiary/aromatic N) is 2. The number of carbonyl (C=O) groups is 1. The van der Waals surface area contributed by atoms with Crippen molar-refractivity contribution in [3.8, 4) is 5.75 Å². The van der Waals surface area contributed by atoms with Crippen molar-refractivity contribution < 1.29 is 9.53 Å². The summed E-state index contributed by atoms with van der Waals surface area (Å²) in [6, 6.07) is 6.40. The van der Waals surface area contributed by atoms with Crippen molar-refractivity contribution in [2.45, 2.75) is 38.1 Å². The minimum atomic E-state index is 0.598. The van der Waals surface area contributed by atoms with Gasteiger partial charge in [-0.3, -0.25) is 4.79 Å². The van der Waals surface area contributed by atoms with Crippen LogP contribution in [0.4, 0.5) is 5.69 Å². The lowest BCUT2D eigenvalue weighted by Gasteiger charge is -2.26. The van der Waals surface area contributed by atoms with E-state index in [1.807, 2.05) is 18.2 Å². The summed E-state index contributed by atoms with van der Waals surface area (Å²) in [7, 11) is 3.90. The molecule has 2 saturated carbocycles. The van der Waals surface area contributed by atoms with Crippen LogP contribution in [0.1, 0.15) is 42.5 Å². The van der Waals surface area contributed by atoms with Gasteiger partial charge in [-0.15, -0.1) is 0 Å². The lowest BCUT2D eigenvalue weighted by atomic mass is 10.1. The van der Waals surface area contributed by atoms with Crippen LogP contribution in [0, 0.1) is 11.3 Å². The fraction of sp³-hybridized carbons (Fsp3) is 0.650. The predicted molar refractivity (Wildman–Crippen MR) is 96.0 cm³/mol. The first-order chi connectivity index (χ1) is 11.6. The molecule has 2 atom stereocenters. The van der Waals surface area contributed by atoms with Gasteiger partial charge in [0.2, 0.25) is 0 Å². The molecule has 4 nitrogen and oxygen atoms in total. The van der Waals surface area contributed by atoms with Crippen LogP contribution in [-0.4, -0.2) is 51.0 Å². The van der Waals surface area contributed by atoms with E-state index in [0.717, 1.165) is 47.7 Å². The maximum absolute atomic E-state index is 11.4. The molecule has 4 rings (SSSR count). The van der Waals surface area contributed by atoms with E-state index in [4.69, 9.17) is 4.74 Å². The normalized spacial score (nSPS) is 26.9.